The Hall–Kier alpha value is -2.56. The van der Waals surface area contributed by atoms with Crippen LogP contribution < -0.4 is 0 Å². The van der Waals surface area contributed by atoms with Gasteiger partial charge in [0.2, 0.25) is 5.91 Å². The highest BCUT2D eigenvalue weighted by atomic mass is 16.5. The largest absolute Gasteiger partial charge is 0.465 e. The first-order valence-corrected chi connectivity index (χ1v) is 6.79. The number of aromatic nitrogens is 1. The molecular formula is C16H16N2O3. The second-order valence-corrected chi connectivity index (χ2v) is 5.02. The molecule has 21 heavy (non-hydrogen) atoms. The zero-order valence-corrected chi connectivity index (χ0v) is 12.0. The first-order valence-electron chi connectivity index (χ1n) is 6.79. The van der Waals surface area contributed by atoms with Gasteiger partial charge in [0.1, 0.15) is 0 Å². The topological polar surface area (TPSA) is 62.4 Å². The average molecular weight is 284 g/mol. The molecule has 0 fully saturated rings. The Morgan fingerprint density at radius 3 is 2.76 bits per heavy atom. The molecule has 5 nitrogen and oxygen atoms in total. The third-order valence-electron chi connectivity index (χ3n) is 3.78. The van der Waals surface area contributed by atoms with Gasteiger partial charge in [-0.25, -0.2) is 4.79 Å². The van der Waals surface area contributed by atoms with Crippen molar-refractivity contribution in [1.29, 1.82) is 0 Å². The predicted molar refractivity (Wildman–Crippen MR) is 79.4 cm³/mol. The van der Waals surface area contributed by atoms with E-state index in [0.717, 1.165) is 22.2 Å². The number of benzene rings is 1. The number of aromatic amines is 1. The van der Waals surface area contributed by atoms with E-state index in [4.69, 9.17) is 4.74 Å². The summed E-state index contributed by atoms with van der Waals surface area (Å²) in [6, 6.07) is 7.90. The summed E-state index contributed by atoms with van der Waals surface area (Å²) in [7, 11) is 1.34. The summed E-state index contributed by atoms with van der Waals surface area (Å²) in [4.78, 5) is 28.6. The van der Waals surface area contributed by atoms with Gasteiger partial charge in [-0.2, -0.15) is 0 Å². The second-order valence-electron chi connectivity index (χ2n) is 5.02. The Labute approximate surface area is 122 Å². The van der Waals surface area contributed by atoms with Crippen LogP contribution in [0.3, 0.4) is 0 Å². The third-order valence-corrected chi connectivity index (χ3v) is 3.78. The van der Waals surface area contributed by atoms with E-state index >= 15 is 0 Å². The molecule has 1 aromatic heterocycles. The monoisotopic (exact) mass is 284 g/mol. The first kappa shape index (κ1) is 13.4. The summed E-state index contributed by atoms with van der Waals surface area (Å²) < 4.78 is 4.86. The summed E-state index contributed by atoms with van der Waals surface area (Å²) in [5, 5.41) is 1.08. The van der Waals surface area contributed by atoms with Crippen LogP contribution in [0.25, 0.3) is 16.5 Å². The fourth-order valence-corrected chi connectivity index (χ4v) is 2.72. The lowest BCUT2D eigenvalue weighted by Gasteiger charge is -2.14. The highest BCUT2D eigenvalue weighted by Crippen LogP contribution is 2.31. The van der Waals surface area contributed by atoms with Crippen LogP contribution in [0, 0.1) is 0 Å². The number of methoxy groups -OCH3 is 1. The molecular weight excluding hydrogens is 268 g/mol. The molecule has 0 aliphatic carbocycles. The lowest BCUT2D eigenvalue weighted by Crippen LogP contribution is -2.25. The van der Waals surface area contributed by atoms with Crippen LogP contribution in [0.15, 0.2) is 30.5 Å². The molecule has 2 heterocycles. The maximum absolute atomic E-state index is 12.1. The van der Waals surface area contributed by atoms with Crippen molar-refractivity contribution in [3.63, 3.8) is 0 Å². The summed E-state index contributed by atoms with van der Waals surface area (Å²) in [6.07, 6.45) is 2.27. The zero-order chi connectivity index (χ0) is 15.0. The van der Waals surface area contributed by atoms with Crippen molar-refractivity contribution >= 4 is 28.4 Å². The van der Waals surface area contributed by atoms with Gasteiger partial charge in [-0.15, -0.1) is 0 Å². The normalized spacial score (nSPS) is 14.4. The standard InChI is InChI=1S/C16H16N2O3/c1-10(19)18-8-7-12-11-5-3-4-6-14(11)17-15(12)13(9-18)16(20)21-2/h3-6,9,17H,7-8H2,1-2H3. The van der Waals surface area contributed by atoms with Gasteiger partial charge in [0.25, 0.3) is 0 Å². The van der Waals surface area contributed by atoms with Crippen LogP contribution in [0.2, 0.25) is 0 Å². The van der Waals surface area contributed by atoms with E-state index in [1.165, 1.54) is 14.0 Å². The fourth-order valence-electron chi connectivity index (χ4n) is 2.72. The van der Waals surface area contributed by atoms with E-state index < -0.39 is 5.97 Å². The van der Waals surface area contributed by atoms with Gasteiger partial charge in [-0.1, -0.05) is 18.2 Å². The number of esters is 1. The smallest absolute Gasteiger partial charge is 0.341 e. The van der Waals surface area contributed by atoms with Crippen molar-refractivity contribution in [2.75, 3.05) is 13.7 Å². The summed E-state index contributed by atoms with van der Waals surface area (Å²) in [6.45, 7) is 2.04. The molecule has 1 aliphatic heterocycles. The van der Waals surface area contributed by atoms with E-state index in [1.807, 2.05) is 24.3 Å². The lowest BCUT2D eigenvalue weighted by molar-refractivity contribution is -0.133. The molecule has 1 aromatic carbocycles. The Bertz CT molecular complexity index is 758. The number of amides is 1. The molecule has 1 N–H and O–H groups in total. The average Bonchev–Trinajstić information content (AvgIpc) is 2.74. The number of H-pyrrole nitrogens is 1. The maximum Gasteiger partial charge on any atom is 0.341 e. The zero-order valence-electron chi connectivity index (χ0n) is 12.0. The summed E-state index contributed by atoms with van der Waals surface area (Å²) >= 11 is 0. The van der Waals surface area contributed by atoms with E-state index in [-0.39, 0.29) is 5.91 Å². The van der Waals surface area contributed by atoms with Crippen molar-refractivity contribution in [3.05, 3.63) is 41.7 Å². The number of hydrogen-bond acceptors (Lipinski definition) is 3. The quantitative estimate of drug-likeness (QED) is 0.816. The van der Waals surface area contributed by atoms with Gasteiger partial charge in [0.15, 0.2) is 0 Å². The van der Waals surface area contributed by atoms with Gasteiger partial charge in [-0.3, -0.25) is 4.79 Å². The Morgan fingerprint density at radius 1 is 1.29 bits per heavy atom. The van der Waals surface area contributed by atoms with E-state index in [1.54, 1.807) is 11.1 Å². The molecule has 0 unspecified atom stereocenters. The highest BCUT2D eigenvalue weighted by molar-refractivity contribution is 6.18. The SMILES string of the molecule is COC(=O)C1=CN(C(C)=O)CCc2c1[nH]c1ccccc21. The molecule has 1 amide bonds. The predicted octanol–water partition coefficient (Wildman–Crippen LogP) is 2.09. The fraction of sp³-hybridized carbons (Fsp3) is 0.250. The van der Waals surface area contributed by atoms with Crippen LogP contribution >= 0.6 is 0 Å². The molecule has 0 bridgehead atoms. The van der Waals surface area contributed by atoms with Gasteiger partial charge in [0.05, 0.1) is 18.4 Å². The van der Waals surface area contributed by atoms with Crippen molar-refractivity contribution in [3.8, 4) is 0 Å². The Morgan fingerprint density at radius 2 is 2.05 bits per heavy atom. The van der Waals surface area contributed by atoms with Crippen LogP contribution in [-0.2, 0) is 20.7 Å². The second kappa shape index (κ2) is 5.09. The van der Waals surface area contributed by atoms with Gasteiger partial charge in [-0.05, 0) is 18.1 Å². The van der Waals surface area contributed by atoms with Crippen molar-refractivity contribution < 1.29 is 14.3 Å². The minimum absolute atomic E-state index is 0.0918. The molecule has 0 radical (unpaired) electrons. The minimum atomic E-state index is -0.448. The number of rotatable bonds is 1. The number of ether oxygens (including phenoxy) is 1. The van der Waals surface area contributed by atoms with Crippen LogP contribution in [0.4, 0.5) is 0 Å². The molecule has 2 aromatic rings. The first-order chi connectivity index (χ1) is 10.1. The van der Waals surface area contributed by atoms with E-state index in [2.05, 4.69) is 4.98 Å². The molecule has 0 spiro atoms. The summed E-state index contributed by atoms with van der Waals surface area (Å²) in [5.74, 6) is -0.540. The van der Waals surface area contributed by atoms with Gasteiger partial charge < -0.3 is 14.6 Å². The van der Waals surface area contributed by atoms with Crippen molar-refractivity contribution in [2.24, 2.45) is 0 Å². The Balaban J connectivity index is 2.22. The minimum Gasteiger partial charge on any atom is -0.465 e. The molecule has 0 atom stereocenters. The molecule has 3 rings (SSSR count). The molecule has 108 valence electrons. The number of carbonyl (C=O) groups is 2. The number of nitrogens with one attached hydrogen (secondary N) is 1. The highest BCUT2D eigenvalue weighted by Gasteiger charge is 2.25. The molecule has 0 saturated carbocycles. The molecule has 0 saturated heterocycles. The van der Waals surface area contributed by atoms with Crippen molar-refractivity contribution in [2.45, 2.75) is 13.3 Å². The number of hydrogen-bond donors (Lipinski definition) is 1. The lowest BCUT2D eigenvalue weighted by atomic mass is 10.0. The molecule has 5 heteroatoms. The van der Waals surface area contributed by atoms with Crippen LogP contribution in [0.5, 0.6) is 0 Å². The van der Waals surface area contributed by atoms with Crippen LogP contribution in [0.1, 0.15) is 18.2 Å². The molecule has 1 aliphatic rings. The van der Waals surface area contributed by atoms with Gasteiger partial charge >= 0.3 is 5.97 Å². The summed E-state index contributed by atoms with van der Waals surface area (Å²) in [5.41, 5.74) is 3.16. The van der Waals surface area contributed by atoms with Crippen LogP contribution in [-0.4, -0.2) is 35.4 Å². The van der Waals surface area contributed by atoms with Crippen molar-refractivity contribution in [1.82, 2.24) is 9.88 Å². The maximum atomic E-state index is 12.1. The number of para-hydroxylation sites is 1. The van der Waals surface area contributed by atoms with Gasteiger partial charge in [0, 0.05) is 30.6 Å². The Kier molecular flexibility index (Phi) is 3.25. The third kappa shape index (κ3) is 2.20. The number of fused-ring (bicyclic) bond motifs is 3. The number of nitrogens with zero attached hydrogens (tertiary/aromatic N) is 1. The number of carbonyl (C=O) groups excluding carboxylic acids is 2. The van der Waals surface area contributed by atoms with E-state index in [0.29, 0.717) is 18.5 Å². The van der Waals surface area contributed by atoms with E-state index in [9.17, 15) is 9.59 Å².